The van der Waals surface area contributed by atoms with E-state index in [1.165, 1.54) is 12.3 Å². The minimum Gasteiger partial charge on any atom is -0.394 e. The highest BCUT2D eigenvalue weighted by Gasteiger charge is 2.43. The van der Waals surface area contributed by atoms with Gasteiger partial charge in [-0.05, 0) is 44.7 Å². The molecule has 1 aliphatic heterocycles. The van der Waals surface area contributed by atoms with E-state index < -0.39 is 36.8 Å². The number of carbonyl (C=O) groups excluding carboxylic acids is 1. The number of nitrogens with one attached hydrogen (secondary N) is 3. The lowest BCUT2D eigenvalue weighted by Gasteiger charge is -2.16. The van der Waals surface area contributed by atoms with Crippen LogP contribution in [-0.2, 0) is 11.3 Å². The zero-order valence-electron chi connectivity index (χ0n) is 18.8. The van der Waals surface area contributed by atoms with Crippen molar-refractivity contribution in [2.45, 2.75) is 51.0 Å². The van der Waals surface area contributed by atoms with Gasteiger partial charge in [0, 0.05) is 24.3 Å². The quantitative estimate of drug-likeness (QED) is 0.238. The molecule has 0 unspecified atom stereocenters. The Bertz CT molecular complexity index is 951. The fourth-order valence-electron chi connectivity index (χ4n) is 3.04. The maximum absolute atomic E-state index is 11.6. The SMILES string of the molecule is CNNCc1ccc(C(=O)NC(C)C)cc1.Nc1ccn([C@@H]2O[C@H](CO)[C@@H](O)[C@@H]2O)c(=O)n1. The third-order valence-electron chi connectivity index (χ3n) is 4.75. The number of hydrogen-bond acceptors (Lipinski definition) is 10. The maximum atomic E-state index is 11.6. The lowest BCUT2D eigenvalue weighted by Crippen LogP contribution is -2.36. The number of hydrogen-bond donors (Lipinski definition) is 7. The summed E-state index contributed by atoms with van der Waals surface area (Å²) in [5, 5.41) is 31.0. The van der Waals surface area contributed by atoms with Crippen LogP contribution < -0.4 is 27.6 Å². The van der Waals surface area contributed by atoms with Crippen molar-refractivity contribution in [2.75, 3.05) is 19.4 Å². The maximum Gasteiger partial charge on any atom is 0.351 e. The van der Waals surface area contributed by atoms with Crippen LogP contribution in [0.2, 0.25) is 0 Å². The number of amides is 1. The van der Waals surface area contributed by atoms with Crippen molar-refractivity contribution < 1.29 is 24.9 Å². The monoisotopic (exact) mass is 464 g/mol. The van der Waals surface area contributed by atoms with Crippen LogP contribution >= 0.6 is 0 Å². The first-order valence-electron chi connectivity index (χ1n) is 10.4. The summed E-state index contributed by atoms with van der Waals surface area (Å²) in [7, 11) is 1.82. The number of aliphatic hydroxyl groups excluding tert-OH is 3. The molecule has 33 heavy (non-hydrogen) atoms. The summed E-state index contributed by atoms with van der Waals surface area (Å²) in [5.41, 5.74) is 12.3. The summed E-state index contributed by atoms with van der Waals surface area (Å²) in [6.45, 7) is 4.18. The molecule has 12 nitrogen and oxygen atoms in total. The standard InChI is InChI=1S/C12H19N3O.C9H13N3O5/c1-9(2)15-12(16)11-6-4-10(5-7-11)8-14-13-3;10-5-1-2-12(9(16)11-5)8-7(15)6(14)4(3-13)17-8/h4-7,9,13-14H,8H2,1-3H3,(H,15,16);1-2,4,6-8,13-15H,3H2,(H2,10,11,16)/t;4-,6-,7+,8-/m.1/s1. The Hall–Kier alpha value is -2.87. The second-order valence-electron chi connectivity index (χ2n) is 7.70. The number of aliphatic hydroxyl groups is 3. The lowest BCUT2D eigenvalue weighted by atomic mass is 10.1. The van der Waals surface area contributed by atoms with Gasteiger partial charge in [-0.15, -0.1) is 0 Å². The number of hydrazine groups is 1. The topological polar surface area (TPSA) is 184 Å². The minimum absolute atomic E-state index is 0.0249. The fourth-order valence-corrected chi connectivity index (χ4v) is 3.04. The molecule has 4 atom stereocenters. The number of carbonyl (C=O) groups is 1. The third-order valence-corrected chi connectivity index (χ3v) is 4.75. The molecule has 0 spiro atoms. The highest BCUT2D eigenvalue weighted by atomic mass is 16.6. The fraction of sp³-hybridized carbons (Fsp3) is 0.476. The number of aromatic nitrogens is 2. The summed E-state index contributed by atoms with van der Waals surface area (Å²) in [4.78, 5) is 26.6. The van der Waals surface area contributed by atoms with Crippen molar-refractivity contribution in [1.82, 2.24) is 25.7 Å². The molecule has 12 heteroatoms. The molecular formula is C21H32N6O6. The van der Waals surface area contributed by atoms with Crippen molar-refractivity contribution in [3.8, 4) is 0 Å². The van der Waals surface area contributed by atoms with Crippen molar-refractivity contribution in [3.05, 3.63) is 58.1 Å². The molecule has 0 saturated carbocycles. The number of rotatable bonds is 7. The van der Waals surface area contributed by atoms with Crippen LogP contribution in [0.25, 0.3) is 0 Å². The summed E-state index contributed by atoms with van der Waals surface area (Å²) in [6, 6.07) is 9.10. The largest absolute Gasteiger partial charge is 0.394 e. The van der Waals surface area contributed by atoms with E-state index in [9.17, 15) is 19.8 Å². The van der Waals surface area contributed by atoms with E-state index in [0.29, 0.717) is 5.56 Å². The van der Waals surface area contributed by atoms with Gasteiger partial charge in [0.2, 0.25) is 0 Å². The van der Waals surface area contributed by atoms with Crippen LogP contribution in [0.3, 0.4) is 0 Å². The highest BCUT2D eigenvalue weighted by Crippen LogP contribution is 2.27. The number of ether oxygens (including phenoxy) is 1. The van der Waals surface area contributed by atoms with Gasteiger partial charge in [0.1, 0.15) is 24.1 Å². The minimum atomic E-state index is -1.31. The predicted molar refractivity (Wildman–Crippen MR) is 121 cm³/mol. The summed E-state index contributed by atoms with van der Waals surface area (Å²) < 4.78 is 6.19. The smallest absolute Gasteiger partial charge is 0.351 e. The van der Waals surface area contributed by atoms with Gasteiger partial charge in [-0.2, -0.15) is 4.98 Å². The third kappa shape index (κ3) is 7.32. The van der Waals surface area contributed by atoms with Gasteiger partial charge in [-0.25, -0.2) is 4.79 Å². The molecule has 8 N–H and O–H groups in total. The van der Waals surface area contributed by atoms with E-state index in [0.717, 1.165) is 16.7 Å². The van der Waals surface area contributed by atoms with Crippen LogP contribution in [0.5, 0.6) is 0 Å². The molecule has 182 valence electrons. The Morgan fingerprint density at radius 1 is 1.21 bits per heavy atom. The van der Waals surface area contributed by atoms with Gasteiger partial charge in [0.25, 0.3) is 5.91 Å². The first-order chi connectivity index (χ1) is 15.7. The first-order valence-corrected chi connectivity index (χ1v) is 10.4. The number of anilines is 1. The number of nitrogens with zero attached hydrogens (tertiary/aromatic N) is 2. The first kappa shape index (κ1) is 26.4. The van der Waals surface area contributed by atoms with Crippen LogP contribution in [0.1, 0.15) is 36.0 Å². The van der Waals surface area contributed by atoms with E-state index in [4.69, 9.17) is 15.6 Å². The molecule has 0 aliphatic carbocycles. The van der Waals surface area contributed by atoms with Gasteiger partial charge in [-0.1, -0.05) is 12.1 Å². The van der Waals surface area contributed by atoms with E-state index >= 15 is 0 Å². The molecule has 1 aromatic heterocycles. The van der Waals surface area contributed by atoms with Crippen molar-refractivity contribution in [2.24, 2.45) is 0 Å². The zero-order chi connectivity index (χ0) is 24.5. The Kier molecular flexibility index (Phi) is 9.91. The van der Waals surface area contributed by atoms with Gasteiger partial charge >= 0.3 is 5.69 Å². The summed E-state index contributed by atoms with van der Waals surface area (Å²) >= 11 is 0. The van der Waals surface area contributed by atoms with Gasteiger partial charge in [0.05, 0.1) is 6.61 Å². The summed E-state index contributed by atoms with van der Waals surface area (Å²) in [6.07, 6.45) is -3.27. The molecule has 1 aliphatic rings. The molecule has 1 fully saturated rings. The number of benzene rings is 1. The van der Waals surface area contributed by atoms with Crippen molar-refractivity contribution >= 4 is 11.7 Å². The van der Waals surface area contributed by atoms with Crippen LogP contribution in [-0.4, -0.2) is 68.8 Å². The Morgan fingerprint density at radius 2 is 1.88 bits per heavy atom. The number of nitrogen functional groups attached to an aromatic ring is 1. The van der Waals surface area contributed by atoms with Crippen molar-refractivity contribution in [3.63, 3.8) is 0 Å². The van der Waals surface area contributed by atoms with E-state index in [1.807, 2.05) is 45.2 Å². The Morgan fingerprint density at radius 3 is 2.39 bits per heavy atom. The molecule has 1 aromatic carbocycles. The normalized spacial score (nSPS) is 22.0. The van der Waals surface area contributed by atoms with Crippen LogP contribution in [0.4, 0.5) is 5.82 Å². The second kappa shape index (κ2) is 12.4. The van der Waals surface area contributed by atoms with Gasteiger partial charge < -0.3 is 31.1 Å². The Balaban J connectivity index is 0.000000234. The molecule has 1 amide bonds. The van der Waals surface area contributed by atoms with Crippen molar-refractivity contribution in [1.29, 1.82) is 0 Å². The van der Waals surface area contributed by atoms with Crippen LogP contribution in [0, 0.1) is 0 Å². The average Bonchev–Trinajstić information content (AvgIpc) is 3.06. The lowest BCUT2D eigenvalue weighted by molar-refractivity contribution is -0.0549. The van der Waals surface area contributed by atoms with Gasteiger partial charge in [-0.3, -0.25) is 20.2 Å². The zero-order valence-corrected chi connectivity index (χ0v) is 18.8. The molecule has 1 saturated heterocycles. The molecular weight excluding hydrogens is 432 g/mol. The molecule has 0 bridgehead atoms. The highest BCUT2D eigenvalue weighted by molar-refractivity contribution is 5.94. The molecule has 3 rings (SSSR count). The molecule has 2 aromatic rings. The predicted octanol–water partition coefficient (Wildman–Crippen LogP) is -1.51. The average molecular weight is 465 g/mol. The molecule has 2 heterocycles. The molecule has 0 radical (unpaired) electrons. The summed E-state index contributed by atoms with van der Waals surface area (Å²) in [5.74, 6) is 0.0288. The van der Waals surface area contributed by atoms with Gasteiger partial charge in [0.15, 0.2) is 6.23 Å². The van der Waals surface area contributed by atoms with Crippen LogP contribution in [0.15, 0.2) is 41.3 Å². The second-order valence-corrected chi connectivity index (χ2v) is 7.70. The van der Waals surface area contributed by atoms with E-state index in [2.05, 4.69) is 21.2 Å². The number of nitrogens with two attached hydrogens (primary N) is 1. The van der Waals surface area contributed by atoms with E-state index in [1.54, 1.807) is 0 Å². The van der Waals surface area contributed by atoms with E-state index in [-0.39, 0.29) is 17.8 Å². The Labute approximate surface area is 191 Å².